The number of aromatic nitrogens is 2. The van der Waals surface area contributed by atoms with Crippen LogP contribution in [0, 0.1) is 0 Å². The van der Waals surface area contributed by atoms with E-state index in [1.807, 2.05) is 61.5 Å². The van der Waals surface area contributed by atoms with Crippen molar-refractivity contribution in [3.63, 3.8) is 0 Å². The summed E-state index contributed by atoms with van der Waals surface area (Å²) in [6, 6.07) is 15.4. The number of hydrogen-bond donors (Lipinski definition) is 1. The Labute approximate surface area is 175 Å². The summed E-state index contributed by atoms with van der Waals surface area (Å²) in [6.07, 6.45) is 1.78. The molecule has 0 unspecified atom stereocenters. The molecule has 7 heteroatoms. The number of halogens is 2. The van der Waals surface area contributed by atoms with Gasteiger partial charge in [-0.2, -0.15) is 0 Å². The Morgan fingerprint density at radius 2 is 1.68 bits per heavy atom. The molecule has 0 saturated heterocycles. The average Bonchev–Trinajstić information content (AvgIpc) is 2.70. The average molecular weight is 417 g/mol. The SMILES string of the molecule is CN(C)c1nccc(CNCc2ccc(OCc3ccc(Cl)c(Cl)c3)cc2)n1. The summed E-state index contributed by atoms with van der Waals surface area (Å²) in [4.78, 5) is 10.6. The van der Waals surface area contributed by atoms with Crippen molar-refractivity contribution in [3.05, 3.63) is 81.6 Å². The van der Waals surface area contributed by atoms with E-state index in [0.717, 1.165) is 23.6 Å². The molecule has 0 saturated carbocycles. The number of rotatable bonds is 8. The van der Waals surface area contributed by atoms with Crippen molar-refractivity contribution in [2.75, 3.05) is 19.0 Å². The van der Waals surface area contributed by atoms with Crippen molar-refractivity contribution in [1.82, 2.24) is 15.3 Å². The quantitative estimate of drug-likeness (QED) is 0.575. The Balaban J connectivity index is 1.47. The van der Waals surface area contributed by atoms with Gasteiger partial charge in [0.1, 0.15) is 12.4 Å². The summed E-state index contributed by atoms with van der Waals surface area (Å²) in [7, 11) is 3.86. The Bertz CT molecular complexity index is 917. The maximum Gasteiger partial charge on any atom is 0.225 e. The van der Waals surface area contributed by atoms with E-state index in [-0.39, 0.29) is 0 Å². The van der Waals surface area contributed by atoms with Crippen molar-refractivity contribution in [2.24, 2.45) is 0 Å². The summed E-state index contributed by atoms with van der Waals surface area (Å²) in [5.74, 6) is 1.52. The molecular formula is C21H22Cl2N4O. The summed E-state index contributed by atoms with van der Waals surface area (Å²) in [5, 5.41) is 4.47. The summed E-state index contributed by atoms with van der Waals surface area (Å²) >= 11 is 12.0. The number of nitrogens with one attached hydrogen (secondary N) is 1. The second kappa shape index (κ2) is 9.73. The third-order valence-electron chi connectivity index (χ3n) is 4.05. The molecule has 2 aromatic carbocycles. The first-order valence-corrected chi connectivity index (χ1v) is 9.62. The van der Waals surface area contributed by atoms with Crippen LogP contribution in [0.4, 0.5) is 5.95 Å². The largest absolute Gasteiger partial charge is 0.489 e. The molecule has 0 amide bonds. The van der Waals surface area contributed by atoms with Gasteiger partial charge in [-0.1, -0.05) is 41.4 Å². The number of nitrogens with zero attached hydrogens (tertiary/aromatic N) is 3. The fourth-order valence-electron chi connectivity index (χ4n) is 2.53. The van der Waals surface area contributed by atoms with Crippen molar-refractivity contribution in [2.45, 2.75) is 19.7 Å². The molecule has 0 aliphatic heterocycles. The van der Waals surface area contributed by atoms with Gasteiger partial charge in [0.2, 0.25) is 5.95 Å². The fraction of sp³-hybridized carbons (Fsp3) is 0.238. The van der Waals surface area contributed by atoms with E-state index in [1.165, 1.54) is 5.56 Å². The molecule has 0 bridgehead atoms. The van der Waals surface area contributed by atoms with Gasteiger partial charge in [0.15, 0.2) is 0 Å². The van der Waals surface area contributed by atoms with Gasteiger partial charge in [-0.15, -0.1) is 0 Å². The van der Waals surface area contributed by atoms with Gasteiger partial charge in [-0.05, 0) is 41.5 Å². The first-order chi connectivity index (χ1) is 13.5. The predicted octanol–water partition coefficient (Wildman–Crippen LogP) is 4.72. The van der Waals surface area contributed by atoms with Crippen LogP contribution in [0.3, 0.4) is 0 Å². The minimum atomic E-state index is 0.441. The topological polar surface area (TPSA) is 50.3 Å². The standard InChI is InChI=1S/C21H22Cl2N4O/c1-27(2)21-25-10-9-17(26-21)13-24-12-15-3-6-18(7-4-15)28-14-16-5-8-19(22)20(23)11-16/h3-11,24H,12-14H2,1-2H3. The molecule has 5 nitrogen and oxygen atoms in total. The zero-order valence-corrected chi connectivity index (χ0v) is 17.3. The van der Waals surface area contributed by atoms with E-state index in [1.54, 1.807) is 12.3 Å². The van der Waals surface area contributed by atoms with Crippen LogP contribution >= 0.6 is 23.2 Å². The van der Waals surface area contributed by atoms with Gasteiger partial charge in [-0.25, -0.2) is 9.97 Å². The molecule has 1 aromatic heterocycles. The molecule has 0 fully saturated rings. The zero-order chi connectivity index (χ0) is 19.9. The molecule has 0 spiro atoms. The van der Waals surface area contributed by atoms with Crippen LogP contribution in [-0.2, 0) is 19.7 Å². The molecular weight excluding hydrogens is 395 g/mol. The lowest BCUT2D eigenvalue weighted by molar-refractivity contribution is 0.306. The Hall–Kier alpha value is -2.34. The Kier molecular flexibility index (Phi) is 7.09. The van der Waals surface area contributed by atoms with Crippen LogP contribution in [0.15, 0.2) is 54.7 Å². The smallest absolute Gasteiger partial charge is 0.225 e. The van der Waals surface area contributed by atoms with Gasteiger partial charge >= 0.3 is 0 Å². The maximum absolute atomic E-state index is 6.03. The first-order valence-electron chi connectivity index (χ1n) is 8.87. The van der Waals surface area contributed by atoms with Crippen molar-refractivity contribution in [3.8, 4) is 5.75 Å². The highest BCUT2D eigenvalue weighted by Gasteiger charge is 2.03. The van der Waals surface area contributed by atoms with Crippen LogP contribution in [0.1, 0.15) is 16.8 Å². The lowest BCUT2D eigenvalue weighted by atomic mass is 10.2. The van der Waals surface area contributed by atoms with E-state index < -0.39 is 0 Å². The highest BCUT2D eigenvalue weighted by Crippen LogP contribution is 2.23. The minimum absolute atomic E-state index is 0.441. The van der Waals surface area contributed by atoms with Gasteiger partial charge in [0.25, 0.3) is 0 Å². The minimum Gasteiger partial charge on any atom is -0.489 e. The monoisotopic (exact) mass is 416 g/mol. The van der Waals surface area contributed by atoms with Crippen molar-refractivity contribution in [1.29, 1.82) is 0 Å². The number of ether oxygens (including phenoxy) is 1. The summed E-state index contributed by atoms with van der Waals surface area (Å²) < 4.78 is 5.81. The van der Waals surface area contributed by atoms with Gasteiger partial charge in [-0.3, -0.25) is 0 Å². The fourth-order valence-corrected chi connectivity index (χ4v) is 2.85. The predicted molar refractivity (Wildman–Crippen MR) is 114 cm³/mol. The van der Waals surface area contributed by atoms with Crippen molar-refractivity contribution >= 4 is 29.2 Å². The van der Waals surface area contributed by atoms with E-state index >= 15 is 0 Å². The normalized spacial score (nSPS) is 10.7. The number of anilines is 1. The van der Waals surface area contributed by atoms with Crippen LogP contribution < -0.4 is 15.0 Å². The van der Waals surface area contributed by atoms with Crippen LogP contribution in [0.25, 0.3) is 0 Å². The Morgan fingerprint density at radius 1 is 0.929 bits per heavy atom. The van der Waals surface area contributed by atoms with Crippen LogP contribution in [-0.4, -0.2) is 24.1 Å². The van der Waals surface area contributed by atoms with E-state index in [4.69, 9.17) is 27.9 Å². The van der Waals surface area contributed by atoms with Gasteiger partial charge < -0.3 is 15.0 Å². The highest BCUT2D eigenvalue weighted by atomic mass is 35.5. The zero-order valence-electron chi connectivity index (χ0n) is 15.8. The third kappa shape index (κ3) is 5.83. The molecule has 28 heavy (non-hydrogen) atoms. The third-order valence-corrected chi connectivity index (χ3v) is 4.79. The maximum atomic E-state index is 6.03. The Morgan fingerprint density at radius 3 is 2.39 bits per heavy atom. The second-order valence-electron chi connectivity index (χ2n) is 6.53. The van der Waals surface area contributed by atoms with Gasteiger partial charge in [0, 0.05) is 33.4 Å². The van der Waals surface area contributed by atoms with Crippen LogP contribution in [0.5, 0.6) is 5.75 Å². The summed E-state index contributed by atoms with van der Waals surface area (Å²) in [5.41, 5.74) is 3.10. The van der Waals surface area contributed by atoms with Crippen LogP contribution in [0.2, 0.25) is 10.0 Å². The summed E-state index contributed by atoms with van der Waals surface area (Å²) in [6.45, 7) is 1.86. The molecule has 0 atom stereocenters. The first kappa shape index (κ1) is 20.4. The molecule has 146 valence electrons. The van der Waals surface area contributed by atoms with E-state index in [2.05, 4.69) is 15.3 Å². The number of benzene rings is 2. The van der Waals surface area contributed by atoms with Gasteiger partial charge in [0.05, 0.1) is 15.7 Å². The van der Waals surface area contributed by atoms with Crippen molar-refractivity contribution < 1.29 is 4.74 Å². The molecule has 3 rings (SSSR count). The molecule has 1 N–H and O–H groups in total. The van der Waals surface area contributed by atoms with E-state index in [9.17, 15) is 0 Å². The lowest BCUT2D eigenvalue weighted by Gasteiger charge is -2.11. The molecule has 3 aromatic rings. The second-order valence-corrected chi connectivity index (χ2v) is 7.34. The molecule has 0 aliphatic carbocycles. The molecule has 1 heterocycles. The van der Waals surface area contributed by atoms with E-state index in [0.29, 0.717) is 29.1 Å². The lowest BCUT2D eigenvalue weighted by Crippen LogP contribution is -2.17. The number of hydrogen-bond acceptors (Lipinski definition) is 5. The molecule has 0 aliphatic rings. The molecule has 0 radical (unpaired) electrons. The highest BCUT2D eigenvalue weighted by molar-refractivity contribution is 6.42.